The first-order valence-electron chi connectivity index (χ1n) is 7.48. The Labute approximate surface area is 139 Å². The van der Waals surface area contributed by atoms with Crippen LogP contribution < -0.4 is 5.32 Å². The number of rotatable bonds is 6. The molecule has 2 rings (SSSR count). The van der Waals surface area contributed by atoms with E-state index in [9.17, 15) is 9.59 Å². The zero-order chi connectivity index (χ0) is 17.0. The van der Waals surface area contributed by atoms with Gasteiger partial charge in [-0.2, -0.15) is 5.10 Å². The SMILES string of the molecule is CCCc1n[nH]c(=S)n1CC(=O)Nc1ccc(C(C)=O)c(C)c1. The molecule has 0 saturated carbocycles. The lowest BCUT2D eigenvalue weighted by Gasteiger charge is -2.10. The topological polar surface area (TPSA) is 79.8 Å². The first-order chi connectivity index (χ1) is 10.9. The van der Waals surface area contributed by atoms with Gasteiger partial charge in [-0.3, -0.25) is 19.3 Å². The fourth-order valence-electron chi connectivity index (χ4n) is 2.41. The van der Waals surface area contributed by atoms with E-state index in [1.54, 1.807) is 22.8 Å². The Morgan fingerprint density at radius 2 is 2.13 bits per heavy atom. The number of nitrogens with one attached hydrogen (secondary N) is 2. The van der Waals surface area contributed by atoms with Crippen molar-refractivity contribution in [1.82, 2.24) is 14.8 Å². The fraction of sp³-hybridized carbons (Fsp3) is 0.375. The monoisotopic (exact) mass is 332 g/mol. The molecule has 0 saturated heterocycles. The number of aryl methyl sites for hydroxylation is 2. The summed E-state index contributed by atoms with van der Waals surface area (Å²) in [4.78, 5) is 23.7. The Morgan fingerprint density at radius 3 is 2.74 bits per heavy atom. The molecular weight excluding hydrogens is 312 g/mol. The Hall–Kier alpha value is -2.28. The van der Waals surface area contributed by atoms with Crippen LogP contribution in [0.15, 0.2) is 18.2 Å². The first kappa shape index (κ1) is 17.1. The summed E-state index contributed by atoms with van der Waals surface area (Å²) in [5.74, 6) is 0.597. The van der Waals surface area contributed by atoms with Gasteiger partial charge in [0.2, 0.25) is 5.91 Å². The molecule has 1 aromatic heterocycles. The van der Waals surface area contributed by atoms with Crippen LogP contribution in [0.25, 0.3) is 0 Å². The minimum atomic E-state index is -0.185. The van der Waals surface area contributed by atoms with Gasteiger partial charge in [0, 0.05) is 17.7 Å². The highest BCUT2D eigenvalue weighted by atomic mass is 32.1. The summed E-state index contributed by atoms with van der Waals surface area (Å²) in [7, 11) is 0. The second-order valence-corrected chi connectivity index (χ2v) is 5.80. The number of ketones is 1. The van der Waals surface area contributed by atoms with Gasteiger partial charge in [0.1, 0.15) is 12.4 Å². The molecule has 6 nitrogen and oxygen atoms in total. The molecule has 0 aliphatic rings. The van der Waals surface area contributed by atoms with Crippen LogP contribution in [0.4, 0.5) is 5.69 Å². The number of aromatic nitrogens is 3. The van der Waals surface area contributed by atoms with Crippen molar-refractivity contribution in [1.29, 1.82) is 0 Å². The van der Waals surface area contributed by atoms with Gasteiger partial charge in [-0.1, -0.05) is 6.92 Å². The number of Topliss-reactive ketones (excluding diaryl/α,β-unsaturated/α-hetero) is 1. The summed E-state index contributed by atoms with van der Waals surface area (Å²) in [5, 5.41) is 9.68. The Kier molecular flexibility index (Phi) is 5.44. The van der Waals surface area contributed by atoms with Crippen molar-refractivity contribution in [3.05, 3.63) is 39.9 Å². The minimum absolute atomic E-state index is 0.00860. The number of hydrogen-bond acceptors (Lipinski definition) is 4. The Balaban J connectivity index is 2.11. The molecular formula is C16H20N4O2S. The van der Waals surface area contributed by atoms with E-state index >= 15 is 0 Å². The van der Waals surface area contributed by atoms with Crippen molar-refractivity contribution in [3.8, 4) is 0 Å². The van der Waals surface area contributed by atoms with Crippen LogP contribution in [0.1, 0.15) is 42.0 Å². The highest BCUT2D eigenvalue weighted by Crippen LogP contribution is 2.16. The molecule has 0 bridgehead atoms. The normalized spacial score (nSPS) is 10.6. The molecule has 1 aromatic carbocycles. The van der Waals surface area contributed by atoms with Crippen molar-refractivity contribution in [3.63, 3.8) is 0 Å². The molecule has 122 valence electrons. The van der Waals surface area contributed by atoms with Gasteiger partial charge in [-0.15, -0.1) is 0 Å². The largest absolute Gasteiger partial charge is 0.325 e. The number of anilines is 1. The van der Waals surface area contributed by atoms with Crippen LogP contribution in [0.3, 0.4) is 0 Å². The first-order valence-corrected chi connectivity index (χ1v) is 7.88. The number of amides is 1. The zero-order valence-electron chi connectivity index (χ0n) is 13.5. The lowest BCUT2D eigenvalue weighted by molar-refractivity contribution is -0.116. The molecule has 0 fully saturated rings. The van der Waals surface area contributed by atoms with E-state index in [2.05, 4.69) is 15.5 Å². The highest BCUT2D eigenvalue weighted by molar-refractivity contribution is 7.71. The molecule has 0 unspecified atom stereocenters. The molecule has 2 N–H and O–H groups in total. The van der Waals surface area contributed by atoms with Crippen molar-refractivity contribution in [2.24, 2.45) is 0 Å². The van der Waals surface area contributed by atoms with Crippen LogP contribution in [0.5, 0.6) is 0 Å². The predicted octanol–water partition coefficient (Wildman–Crippen LogP) is 3.04. The van der Waals surface area contributed by atoms with Crippen LogP contribution in [0.2, 0.25) is 0 Å². The maximum atomic E-state index is 12.2. The number of carbonyl (C=O) groups excluding carboxylic acids is 2. The standard InChI is InChI=1S/C16H20N4O2S/c1-4-5-14-18-19-16(23)20(14)9-15(22)17-12-6-7-13(11(3)21)10(2)8-12/h6-8H,4-5,9H2,1-3H3,(H,17,22)(H,19,23). The lowest BCUT2D eigenvalue weighted by Crippen LogP contribution is -2.20. The second kappa shape index (κ2) is 7.32. The predicted molar refractivity (Wildman–Crippen MR) is 91.2 cm³/mol. The van der Waals surface area contributed by atoms with E-state index in [0.717, 1.165) is 24.2 Å². The van der Waals surface area contributed by atoms with E-state index in [0.29, 0.717) is 16.0 Å². The quantitative estimate of drug-likeness (QED) is 0.629. The van der Waals surface area contributed by atoms with Gasteiger partial charge in [-0.05, 0) is 56.2 Å². The van der Waals surface area contributed by atoms with Crippen molar-refractivity contribution < 1.29 is 9.59 Å². The van der Waals surface area contributed by atoms with Crippen LogP contribution >= 0.6 is 12.2 Å². The maximum Gasteiger partial charge on any atom is 0.244 e. The summed E-state index contributed by atoms with van der Waals surface area (Å²) >= 11 is 5.16. The average molecular weight is 332 g/mol. The van der Waals surface area contributed by atoms with Crippen molar-refractivity contribution >= 4 is 29.6 Å². The van der Waals surface area contributed by atoms with Gasteiger partial charge in [0.15, 0.2) is 10.6 Å². The fourth-order valence-corrected chi connectivity index (χ4v) is 2.62. The van der Waals surface area contributed by atoms with Crippen molar-refractivity contribution in [2.45, 2.75) is 40.2 Å². The van der Waals surface area contributed by atoms with E-state index in [4.69, 9.17) is 12.2 Å². The number of benzene rings is 1. The van der Waals surface area contributed by atoms with Crippen LogP contribution in [-0.4, -0.2) is 26.5 Å². The smallest absolute Gasteiger partial charge is 0.244 e. The van der Waals surface area contributed by atoms with Crippen LogP contribution in [0, 0.1) is 11.7 Å². The molecule has 0 spiro atoms. The van der Waals surface area contributed by atoms with Gasteiger partial charge in [-0.25, -0.2) is 0 Å². The summed E-state index contributed by atoms with van der Waals surface area (Å²) in [6.45, 7) is 5.52. The molecule has 7 heteroatoms. The molecule has 0 aliphatic heterocycles. The number of hydrogen-bond donors (Lipinski definition) is 2. The Morgan fingerprint density at radius 1 is 1.39 bits per heavy atom. The van der Waals surface area contributed by atoms with Crippen molar-refractivity contribution in [2.75, 3.05) is 5.32 Å². The number of aromatic amines is 1. The number of carbonyl (C=O) groups is 2. The van der Waals surface area contributed by atoms with Gasteiger partial charge in [0.05, 0.1) is 0 Å². The lowest BCUT2D eigenvalue weighted by atomic mass is 10.0. The molecule has 0 atom stereocenters. The molecule has 2 aromatic rings. The molecule has 23 heavy (non-hydrogen) atoms. The highest BCUT2D eigenvalue weighted by Gasteiger charge is 2.11. The Bertz CT molecular complexity index is 792. The molecule has 0 aliphatic carbocycles. The summed E-state index contributed by atoms with van der Waals surface area (Å²) in [6, 6.07) is 5.23. The molecule has 1 heterocycles. The van der Waals surface area contributed by atoms with E-state index in [1.165, 1.54) is 6.92 Å². The van der Waals surface area contributed by atoms with Gasteiger partial charge in [0.25, 0.3) is 0 Å². The summed E-state index contributed by atoms with van der Waals surface area (Å²) in [6.07, 6.45) is 1.68. The number of H-pyrrole nitrogens is 1. The second-order valence-electron chi connectivity index (χ2n) is 5.42. The third-order valence-corrected chi connectivity index (χ3v) is 3.81. The number of nitrogens with zero attached hydrogens (tertiary/aromatic N) is 2. The van der Waals surface area contributed by atoms with E-state index < -0.39 is 0 Å². The third-order valence-electron chi connectivity index (χ3n) is 3.50. The average Bonchev–Trinajstić information content (AvgIpc) is 2.80. The summed E-state index contributed by atoms with van der Waals surface area (Å²) < 4.78 is 2.14. The third kappa shape index (κ3) is 4.13. The maximum absolute atomic E-state index is 12.2. The van der Waals surface area contributed by atoms with Gasteiger partial charge < -0.3 is 5.32 Å². The van der Waals surface area contributed by atoms with Gasteiger partial charge >= 0.3 is 0 Å². The van der Waals surface area contributed by atoms with Crippen LogP contribution in [-0.2, 0) is 17.8 Å². The zero-order valence-corrected chi connectivity index (χ0v) is 14.3. The molecule has 0 radical (unpaired) electrons. The molecule has 1 amide bonds. The summed E-state index contributed by atoms with van der Waals surface area (Å²) in [5.41, 5.74) is 2.15. The van der Waals surface area contributed by atoms with E-state index in [-0.39, 0.29) is 18.2 Å². The van der Waals surface area contributed by atoms with E-state index in [1.807, 2.05) is 13.8 Å². The minimum Gasteiger partial charge on any atom is -0.325 e.